The molecule has 0 bridgehead atoms. The number of hydrogen-bond acceptors (Lipinski definition) is 4. The van der Waals surface area contributed by atoms with Gasteiger partial charge in [-0.05, 0) is 43.9 Å². The lowest BCUT2D eigenvalue weighted by molar-refractivity contribution is -0.122. The van der Waals surface area contributed by atoms with E-state index in [1.54, 1.807) is 0 Å². The van der Waals surface area contributed by atoms with Crippen LogP contribution in [0.25, 0.3) is 0 Å². The van der Waals surface area contributed by atoms with Gasteiger partial charge in [0, 0.05) is 50.5 Å². The van der Waals surface area contributed by atoms with E-state index in [0.29, 0.717) is 12.6 Å². The van der Waals surface area contributed by atoms with E-state index in [0.717, 1.165) is 44.6 Å². The Labute approximate surface area is 148 Å². The maximum Gasteiger partial charge on any atom is 0.223 e. The number of aryl methyl sites for hydroxylation is 2. The van der Waals surface area contributed by atoms with Gasteiger partial charge in [-0.3, -0.25) is 19.4 Å². The summed E-state index contributed by atoms with van der Waals surface area (Å²) in [7, 11) is 0. The van der Waals surface area contributed by atoms with E-state index in [1.807, 2.05) is 18.5 Å². The molecule has 0 aromatic carbocycles. The van der Waals surface area contributed by atoms with Crippen molar-refractivity contribution in [2.45, 2.75) is 51.9 Å². The lowest BCUT2D eigenvalue weighted by Crippen LogP contribution is -2.43. The monoisotopic (exact) mass is 339 g/mol. The van der Waals surface area contributed by atoms with Gasteiger partial charge in [-0.15, -0.1) is 0 Å². The molecule has 1 N–H and O–H groups in total. The summed E-state index contributed by atoms with van der Waals surface area (Å²) < 4.78 is 2.08. The SMILES string of the molecule is Cc1cccnc1CN1Cc2ccnn2CC[C@@H]1CNC(=O)C1CC1. The minimum atomic E-state index is 0.218. The fourth-order valence-corrected chi connectivity index (χ4v) is 3.49. The molecule has 132 valence electrons. The van der Waals surface area contributed by atoms with Crippen LogP contribution in [0.4, 0.5) is 0 Å². The largest absolute Gasteiger partial charge is 0.354 e. The summed E-state index contributed by atoms with van der Waals surface area (Å²) in [6.45, 7) is 5.33. The third-order valence-corrected chi connectivity index (χ3v) is 5.29. The van der Waals surface area contributed by atoms with Gasteiger partial charge in [0.05, 0.1) is 11.4 Å². The van der Waals surface area contributed by atoms with Gasteiger partial charge >= 0.3 is 0 Å². The molecule has 4 rings (SSSR count). The van der Waals surface area contributed by atoms with Crippen LogP contribution in [-0.4, -0.2) is 38.2 Å². The molecule has 2 aliphatic rings. The van der Waals surface area contributed by atoms with Crippen molar-refractivity contribution in [1.82, 2.24) is 25.0 Å². The Morgan fingerprint density at radius 3 is 2.96 bits per heavy atom. The molecule has 2 aromatic heterocycles. The molecule has 0 unspecified atom stereocenters. The van der Waals surface area contributed by atoms with Crippen LogP contribution in [0.3, 0.4) is 0 Å². The number of rotatable bonds is 5. The van der Waals surface area contributed by atoms with Crippen LogP contribution in [0, 0.1) is 12.8 Å². The quantitative estimate of drug-likeness (QED) is 0.903. The third kappa shape index (κ3) is 3.74. The maximum absolute atomic E-state index is 12.1. The average Bonchev–Trinajstić information content (AvgIpc) is 3.39. The van der Waals surface area contributed by atoms with Crippen LogP contribution in [0.2, 0.25) is 0 Å². The number of fused-ring (bicyclic) bond motifs is 1. The van der Waals surface area contributed by atoms with Gasteiger partial charge in [0.25, 0.3) is 0 Å². The minimum Gasteiger partial charge on any atom is -0.354 e. The lowest BCUT2D eigenvalue weighted by atomic mass is 10.1. The molecule has 1 amide bonds. The molecule has 6 nitrogen and oxygen atoms in total. The molecular weight excluding hydrogens is 314 g/mol. The van der Waals surface area contributed by atoms with Crippen molar-refractivity contribution >= 4 is 5.91 Å². The maximum atomic E-state index is 12.1. The van der Waals surface area contributed by atoms with Crippen LogP contribution < -0.4 is 5.32 Å². The van der Waals surface area contributed by atoms with Crippen LogP contribution in [0.15, 0.2) is 30.6 Å². The van der Waals surface area contributed by atoms with Crippen molar-refractivity contribution in [2.24, 2.45) is 5.92 Å². The molecule has 1 aliphatic heterocycles. The number of pyridine rings is 1. The highest BCUT2D eigenvalue weighted by Gasteiger charge is 2.31. The van der Waals surface area contributed by atoms with Crippen LogP contribution >= 0.6 is 0 Å². The van der Waals surface area contributed by atoms with Gasteiger partial charge in [-0.2, -0.15) is 5.10 Å². The Morgan fingerprint density at radius 2 is 2.16 bits per heavy atom. The van der Waals surface area contributed by atoms with Gasteiger partial charge in [0.15, 0.2) is 0 Å². The molecule has 1 fully saturated rings. The number of carbonyl (C=O) groups excluding carboxylic acids is 1. The van der Waals surface area contributed by atoms with E-state index in [2.05, 4.69) is 44.0 Å². The fourth-order valence-electron chi connectivity index (χ4n) is 3.49. The Morgan fingerprint density at radius 1 is 1.28 bits per heavy atom. The first-order valence-electron chi connectivity index (χ1n) is 9.13. The van der Waals surface area contributed by atoms with Crippen molar-refractivity contribution in [3.05, 3.63) is 47.5 Å². The second-order valence-corrected chi connectivity index (χ2v) is 7.18. The average molecular weight is 339 g/mol. The molecule has 6 heteroatoms. The molecule has 2 aromatic rings. The summed E-state index contributed by atoms with van der Waals surface area (Å²) in [6, 6.07) is 6.47. The molecule has 3 heterocycles. The van der Waals surface area contributed by atoms with Crippen molar-refractivity contribution in [3.63, 3.8) is 0 Å². The predicted octanol–water partition coefficient (Wildman–Crippen LogP) is 1.89. The van der Waals surface area contributed by atoms with Gasteiger partial charge < -0.3 is 5.32 Å². The zero-order valence-corrected chi connectivity index (χ0v) is 14.7. The van der Waals surface area contributed by atoms with E-state index in [4.69, 9.17) is 0 Å². The summed E-state index contributed by atoms with van der Waals surface area (Å²) >= 11 is 0. The first-order chi connectivity index (χ1) is 12.2. The number of amides is 1. The van der Waals surface area contributed by atoms with E-state index < -0.39 is 0 Å². The van der Waals surface area contributed by atoms with E-state index in [-0.39, 0.29) is 11.8 Å². The van der Waals surface area contributed by atoms with E-state index >= 15 is 0 Å². The summed E-state index contributed by atoms with van der Waals surface area (Å²) in [5, 5.41) is 7.59. The number of carbonyl (C=O) groups is 1. The van der Waals surface area contributed by atoms with E-state index in [9.17, 15) is 4.79 Å². The van der Waals surface area contributed by atoms with Crippen LogP contribution in [-0.2, 0) is 24.4 Å². The first-order valence-corrected chi connectivity index (χ1v) is 9.13. The standard InChI is InChI=1S/C19H25N5O/c1-14-3-2-8-20-18(14)13-23-12-17-6-9-22-24(17)10-7-16(23)11-21-19(25)15-4-5-15/h2-3,6,8-9,15-16H,4-5,7,10-13H2,1H3,(H,21,25)/t16-/m1/s1. The van der Waals surface area contributed by atoms with Crippen molar-refractivity contribution < 1.29 is 4.79 Å². The van der Waals surface area contributed by atoms with Gasteiger partial charge in [0.2, 0.25) is 5.91 Å². The van der Waals surface area contributed by atoms with Gasteiger partial charge in [-0.1, -0.05) is 6.07 Å². The van der Waals surface area contributed by atoms with Crippen LogP contribution in [0.1, 0.15) is 36.2 Å². The summed E-state index contributed by atoms with van der Waals surface area (Å²) in [6.07, 6.45) is 6.79. The topological polar surface area (TPSA) is 63.1 Å². The van der Waals surface area contributed by atoms with Gasteiger partial charge in [0.1, 0.15) is 0 Å². The number of hydrogen-bond donors (Lipinski definition) is 1. The highest BCUT2D eigenvalue weighted by molar-refractivity contribution is 5.80. The first kappa shape index (κ1) is 16.3. The molecule has 1 atom stereocenters. The minimum absolute atomic E-state index is 0.218. The highest BCUT2D eigenvalue weighted by atomic mass is 16.2. The second kappa shape index (κ2) is 6.96. The summed E-state index contributed by atoms with van der Waals surface area (Å²) in [5.41, 5.74) is 3.54. The molecule has 1 saturated carbocycles. The third-order valence-electron chi connectivity index (χ3n) is 5.29. The zero-order chi connectivity index (χ0) is 17.2. The number of nitrogens with one attached hydrogen (secondary N) is 1. The fraction of sp³-hybridized carbons (Fsp3) is 0.526. The van der Waals surface area contributed by atoms with Crippen molar-refractivity contribution in [3.8, 4) is 0 Å². The van der Waals surface area contributed by atoms with Crippen molar-refractivity contribution in [2.75, 3.05) is 6.54 Å². The van der Waals surface area contributed by atoms with Crippen LogP contribution in [0.5, 0.6) is 0 Å². The summed E-state index contributed by atoms with van der Waals surface area (Å²) in [4.78, 5) is 19.1. The van der Waals surface area contributed by atoms with E-state index in [1.165, 1.54) is 11.3 Å². The molecule has 25 heavy (non-hydrogen) atoms. The molecule has 0 radical (unpaired) electrons. The molecule has 0 saturated heterocycles. The van der Waals surface area contributed by atoms with Crippen molar-refractivity contribution in [1.29, 1.82) is 0 Å². The molecular formula is C19H25N5O. The Kier molecular flexibility index (Phi) is 4.53. The second-order valence-electron chi connectivity index (χ2n) is 7.18. The lowest BCUT2D eigenvalue weighted by Gasteiger charge is -2.30. The molecule has 1 aliphatic carbocycles. The zero-order valence-electron chi connectivity index (χ0n) is 14.7. The number of aromatic nitrogens is 3. The normalized spacial score (nSPS) is 20.8. The number of nitrogens with zero attached hydrogens (tertiary/aromatic N) is 4. The predicted molar refractivity (Wildman–Crippen MR) is 94.6 cm³/mol. The van der Waals surface area contributed by atoms with Gasteiger partial charge in [-0.25, -0.2) is 0 Å². The Bertz CT molecular complexity index is 752. The Hall–Kier alpha value is -2.21. The highest BCUT2D eigenvalue weighted by Crippen LogP contribution is 2.29. The Balaban J connectivity index is 1.50. The molecule has 0 spiro atoms. The summed E-state index contributed by atoms with van der Waals surface area (Å²) in [5.74, 6) is 0.476. The smallest absolute Gasteiger partial charge is 0.223 e.